The third-order valence-electron chi connectivity index (χ3n) is 8.43. The number of carbonyl (C=O) groups is 4. The maximum absolute atomic E-state index is 13.0. The van der Waals surface area contributed by atoms with Gasteiger partial charge in [-0.3, -0.25) is 24.1 Å². The first-order valence-electron chi connectivity index (χ1n) is 13.9. The lowest BCUT2D eigenvalue weighted by Crippen LogP contribution is -2.37. The van der Waals surface area contributed by atoms with Crippen LogP contribution in [0.2, 0.25) is 0 Å². The van der Waals surface area contributed by atoms with E-state index in [1.807, 2.05) is 6.92 Å². The number of carbonyl (C=O) groups excluding carboxylic acids is 4. The van der Waals surface area contributed by atoms with Crippen LogP contribution in [0.3, 0.4) is 0 Å². The Bertz CT molecular complexity index is 868. The smallest absolute Gasteiger partial charge is 0.309 e. The zero-order valence-corrected chi connectivity index (χ0v) is 21.7. The van der Waals surface area contributed by atoms with Gasteiger partial charge in [-0.2, -0.15) is 0 Å². The van der Waals surface area contributed by atoms with Crippen LogP contribution in [0.1, 0.15) is 84.5 Å². The number of hydrogen-bond acceptors (Lipinski definition) is 6. The Morgan fingerprint density at radius 3 is 2.44 bits per heavy atom. The Hall–Kier alpha value is -2.44. The maximum Gasteiger partial charge on any atom is 0.309 e. The molecule has 5 unspecified atom stereocenters. The van der Waals surface area contributed by atoms with Crippen molar-refractivity contribution < 1.29 is 28.7 Å². The summed E-state index contributed by atoms with van der Waals surface area (Å²) in [5.41, 5.74) is 0. The summed E-state index contributed by atoms with van der Waals surface area (Å²) in [6, 6.07) is 0. The van der Waals surface area contributed by atoms with E-state index < -0.39 is 0 Å². The first-order chi connectivity index (χ1) is 17.3. The Morgan fingerprint density at radius 2 is 1.72 bits per heavy atom. The second kappa shape index (κ2) is 12.2. The Balaban J connectivity index is 1.27. The summed E-state index contributed by atoms with van der Waals surface area (Å²) in [5, 5.41) is 0. The average Bonchev–Trinajstić information content (AvgIpc) is 3.35. The van der Waals surface area contributed by atoms with Crippen LogP contribution in [0.15, 0.2) is 24.3 Å². The van der Waals surface area contributed by atoms with Crippen molar-refractivity contribution in [1.82, 2.24) is 4.90 Å². The van der Waals surface area contributed by atoms with Crippen LogP contribution in [0.5, 0.6) is 0 Å². The molecule has 2 fully saturated rings. The largest absolute Gasteiger partial charge is 0.463 e. The van der Waals surface area contributed by atoms with E-state index in [-0.39, 0.29) is 53.7 Å². The van der Waals surface area contributed by atoms with E-state index in [2.05, 4.69) is 19.1 Å². The van der Waals surface area contributed by atoms with Crippen molar-refractivity contribution in [2.24, 2.45) is 29.6 Å². The summed E-state index contributed by atoms with van der Waals surface area (Å²) in [7, 11) is 0. The molecule has 36 heavy (non-hydrogen) atoms. The van der Waals surface area contributed by atoms with Gasteiger partial charge in [0, 0.05) is 25.1 Å². The van der Waals surface area contributed by atoms with Gasteiger partial charge in [-0.15, -0.1) is 0 Å². The van der Waals surface area contributed by atoms with Gasteiger partial charge < -0.3 is 9.47 Å². The van der Waals surface area contributed by atoms with Crippen LogP contribution in [-0.4, -0.2) is 47.4 Å². The Labute approximate surface area is 214 Å². The predicted octanol–water partition coefficient (Wildman–Crippen LogP) is 4.74. The van der Waals surface area contributed by atoms with Crippen LogP contribution in [0, 0.1) is 29.6 Å². The molecule has 0 saturated heterocycles. The summed E-state index contributed by atoms with van der Waals surface area (Å²) in [6.07, 6.45) is 16.1. The Kier molecular flexibility index (Phi) is 9.02. The number of esters is 2. The molecule has 7 heteroatoms. The summed E-state index contributed by atoms with van der Waals surface area (Å²) in [4.78, 5) is 50.2. The van der Waals surface area contributed by atoms with Crippen molar-refractivity contribution in [1.29, 1.82) is 0 Å². The lowest BCUT2D eigenvalue weighted by atomic mass is 9.81. The number of imide groups is 1. The normalized spacial score (nSPS) is 36.0. The fraction of sp³-hybridized carbons (Fsp3) is 0.724. The first kappa shape index (κ1) is 26.6. The van der Waals surface area contributed by atoms with Gasteiger partial charge in [0.25, 0.3) is 11.8 Å². The molecular weight excluding hydrogens is 458 g/mol. The molecular formula is C29H41NO6. The van der Waals surface area contributed by atoms with Crippen LogP contribution in [0.25, 0.3) is 0 Å². The SMILES string of the molecule is CC1CC(=O)OC(C)CCCC=CC2CC(OC(=O)C3CCC(CN4C(=O)C=CC4=O)CC3)CC2C1. The molecule has 2 saturated carbocycles. The number of cyclic esters (lactones) is 1. The Morgan fingerprint density at radius 1 is 1.00 bits per heavy atom. The summed E-state index contributed by atoms with van der Waals surface area (Å²) < 4.78 is 11.6. The standard InChI is InChI=1S/C29H41NO6/c1-19-14-24-17-25(16-23(24)7-5-3-4-6-20(2)35-28(33)15-19)36-29(34)22-10-8-21(9-11-22)18-30-26(31)12-13-27(30)32/h5,7,12-13,19-25H,3-4,6,8-11,14-18H2,1-2H3. The summed E-state index contributed by atoms with van der Waals surface area (Å²) in [6.45, 7) is 4.53. The van der Waals surface area contributed by atoms with E-state index in [0.29, 0.717) is 24.8 Å². The number of allylic oxidation sites excluding steroid dienone is 2. The third kappa shape index (κ3) is 7.07. The average molecular weight is 500 g/mol. The number of hydrogen-bond donors (Lipinski definition) is 0. The van der Waals surface area contributed by atoms with E-state index in [1.54, 1.807) is 0 Å². The fourth-order valence-electron chi connectivity index (χ4n) is 6.43. The molecule has 0 radical (unpaired) electrons. The minimum atomic E-state index is -0.237. The fourth-order valence-corrected chi connectivity index (χ4v) is 6.43. The van der Waals surface area contributed by atoms with Crippen molar-refractivity contribution >= 4 is 23.8 Å². The zero-order chi connectivity index (χ0) is 25.7. The summed E-state index contributed by atoms with van der Waals surface area (Å²) in [5.74, 6) is 0.473. The maximum atomic E-state index is 13.0. The number of fused-ring (bicyclic) bond motifs is 1. The molecule has 4 rings (SSSR count). The van der Waals surface area contributed by atoms with Gasteiger partial charge in [-0.1, -0.05) is 19.1 Å². The lowest BCUT2D eigenvalue weighted by Gasteiger charge is -2.30. The number of ether oxygens (including phenoxy) is 2. The quantitative estimate of drug-likeness (QED) is 0.315. The molecule has 2 aliphatic heterocycles. The highest BCUT2D eigenvalue weighted by atomic mass is 16.5. The third-order valence-corrected chi connectivity index (χ3v) is 8.43. The molecule has 0 aromatic heterocycles. The second-order valence-electron chi connectivity index (χ2n) is 11.5. The molecule has 2 heterocycles. The molecule has 0 bridgehead atoms. The molecule has 0 aromatic rings. The molecule has 2 amide bonds. The second-order valence-corrected chi connectivity index (χ2v) is 11.5. The van der Waals surface area contributed by atoms with Gasteiger partial charge in [-0.25, -0.2) is 0 Å². The van der Waals surface area contributed by atoms with Crippen molar-refractivity contribution in [3.05, 3.63) is 24.3 Å². The molecule has 5 atom stereocenters. The van der Waals surface area contributed by atoms with Gasteiger partial charge >= 0.3 is 11.9 Å². The molecule has 4 aliphatic rings. The highest BCUT2D eigenvalue weighted by Crippen LogP contribution is 2.40. The van der Waals surface area contributed by atoms with Gasteiger partial charge in [0.2, 0.25) is 0 Å². The predicted molar refractivity (Wildman–Crippen MR) is 134 cm³/mol. The van der Waals surface area contributed by atoms with Gasteiger partial charge in [-0.05, 0) is 94.8 Å². The molecule has 0 aromatic carbocycles. The van der Waals surface area contributed by atoms with Crippen molar-refractivity contribution in [2.45, 2.75) is 96.7 Å². The molecule has 198 valence electrons. The minimum absolute atomic E-state index is 0.0283. The van der Waals surface area contributed by atoms with Crippen LogP contribution < -0.4 is 0 Å². The van der Waals surface area contributed by atoms with E-state index in [1.165, 1.54) is 17.1 Å². The molecule has 0 spiro atoms. The van der Waals surface area contributed by atoms with Gasteiger partial charge in [0.1, 0.15) is 6.10 Å². The number of nitrogens with zero attached hydrogens (tertiary/aromatic N) is 1. The molecule has 2 aliphatic carbocycles. The van der Waals surface area contributed by atoms with Crippen molar-refractivity contribution in [3.63, 3.8) is 0 Å². The van der Waals surface area contributed by atoms with Crippen LogP contribution in [-0.2, 0) is 28.7 Å². The lowest BCUT2D eigenvalue weighted by molar-refractivity contribution is -0.155. The first-order valence-corrected chi connectivity index (χ1v) is 13.9. The highest BCUT2D eigenvalue weighted by molar-refractivity contribution is 6.12. The van der Waals surface area contributed by atoms with E-state index in [9.17, 15) is 19.2 Å². The minimum Gasteiger partial charge on any atom is -0.463 e. The van der Waals surface area contributed by atoms with Crippen molar-refractivity contribution in [3.8, 4) is 0 Å². The van der Waals surface area contributed by atoms with Crippen LogP contribution in [0.4, 0.5) is 0 Å². The zero-order valence-electron chi connectivity index (χ0n) is 21.7. The number of amides is 2. The summed E-state index contributed by atoms with van der Waals surface area (Å²) >= 11 is 0. The number of rotatable bonds is 4. The van der Waals surface area contributed by atoms with Crippen molar-refractivity contribution in [2.75, 3.05) is 6.54 Å². The van der Waals surface area contributed by atoms with E-state index in [4.69, 9.17) is 9.47 Å². The molecule has 0 N–H and O–H groups in total. The van der Waals surface area contributed by atoms with Gasteiger partial charge in [0.05, 0.1) is 12.0 Å². The highest BCUT2D eigenvalue weighted by Gasteiger charge is 2.38. The van der Waals surface area contributed by atoms with E-state index in [0.717, 1.165) is 64.2 Å². The van der Waals surface area contributed by atoms with Gasteiger partial charge in [0.15, 0.2) is 0 Å². The molecule has 7 nitrogen and oxygen atoms in total. The monoisotopic (exact) mass is 499 g/mol. The van der Waals surface area contributed by atoms with E-state index >= 15 is 0 Å². The topological polar surface area (TPSA) is 90.0 Å². The van der Waals surface area contributed by atoms with Crippen LogP contribution >= 0.6 is 0 Å².